The number of ether oxygens (including phenoxy) is 1. The van der Waals surface area contributed by atoms with E-state index in [9.17, 15) is 14.9 Å². The predicted molar refractivity (Wildman–Crippen MR) is 78.1 cm³/mol. The van der Waals surface area contributed by atoms with Crippen LogP contribution in [-0.2, 0) is 9.53 Å². The minimum atomic E-state index is -1.00. The first kappa shape index (κ1) is 18.6. The summed E-state index contributed by atoms with van der Waals surface area (Å²) in [5.74, 6) is -0.488. The number of halogens is 2. The van der Waals surface area contributed by atoms with Crippen LogP contribution in [0.15, 0.2) is 18.2 Å². The third-order valence-corrected chi connectivity index (χ3v) is 3.33. The zero-order valence-electron chi connectivity index (χ0n) is 11.3. The molecule has 0 aliphatic heterocycles. The van der Waals surface area contributed by atoms with E-state index in [1.54, 1.807) is 19.9 Å². The number of nitro benzene ring substituents is 1. The lowest BCUT2D eigenvalue weighted by molar-refractivity contribution is -0.384. The van der Waals surface area contributed by atoms with E-state index >= 15 is 0 Å². The largest absolute Gasteiger partial charge is 0.469 e. The molecular weight excluding hydrogens is 307 g/mol. The average Bonchev–Trinajstić information content (AvgIpc) is 2.36. The number of nitrogens with zero attached hydrogens (tertiary/aromatic N) is 1. The Bertz CT molecular complexity index is 520. The van der Waals surface area contributed by atoms with Crippen LogP contribution < -0.4 is 5.73 Å². The van der Waals surface area contributed by atoms with E-state index < -0.39 is 22.3 Å². The normalized spacial score (nSPS) is 12.2. The standard InChI is InChI=1S/C12H15ClN2O4.ClH/c1-12(2,11(16)19-3)10(14)7-4-5-8(13)9(6-7)15(17)18;/h4-6,10H,14H2,1-3H3;1H/t10-;/m0./s1. The number of carbonyl (C=O) groups excluding carboxylic acids is 1. The Labute approximate surface area is 127 Å². The van der Waals surface area contributed by atoms with E-state index in [1.807, 2.05) is 0 Å². The number of hydrogen-bond donors (Lipinski definition) is 1. The van der Waals surface area contributed by atoms with Crippen molar-refractivity contribution in [1.82, 2.24) is 0 Å². The fourth-order valence-corrected chi connectivity index (χ4v) is 1.86. The molecule has 6 nitrogen and oxygen atoms in total. The van der Waals surface area contributed by atoms with Gasteiger partial charge in [-0.2, -0.15) is 0 Å². The highest BCUT2D eigenvalue weighted by molar-refractivity contribution is 6.32. The van der Waals surface area contributed by atoms with Crippen LogP contribution in [0.4, 0.5) is 5.69 Å². The second kappa shape index (κ2) is 6.88. The Hall–Kier alpha value is -1.37. The van der Waals surface area contributed by atoms with Crippen LogP contribution >= 0.6 is 24.0 Å². The smallest absolute Gasteiger partial charge is 0.313 e. The summed E-state index contributed by atoms with van der Waals surface area (Å²) in [5.41, 5.74) is 5.21. The summed E-state index contributed by atoms with van der Waals surface area (Å²) < 4.78 is 4.68. The van der Waals surface area contributed by atoms with Crippen LogP contribution in [0.2, 0.25) is 5.02 Å². The minimum absolute atomic E-state index is 0. The fraction of sp³-hybridized carbons (Fsp3) is 0.417. The lowest BCUT2D eigenvalue weighted by atomic mass is 9.81. The number of nitrogens with two attached hydrogens (primary N) is 1. The van der Waals surface area contributed by atoms with Crippen LogP contribution in [0.1, 0.15) is 25.5 Å². The molecule has 0 fully saturated rings. The molecule has 0 amide bonds. The summed E-state index contributed by atoms with van der Waals surface area (Å²) in [6.45, 7) is 3.23. The number of nitro groups is 1. The van der Waals surface area contributed by atoms with Gasteiger partial charge in [0.25, 0.3) is 5.69 Å². The molecule has 0 aliphatic carbocycles. The first-order chi connectivity index (χ1) is 8.71. The average molecular weight is 323 g/mol. The SMILES string of the molecule is COC(=O)C(C)(C)[C@@H](N)c1ccc(Cl)c([N+](=O)[O-])c1.Cl. The van der Waals surface area contributed by atoms with Gasteiger partial charge < -0.3 is 10.5 Å². The highest BCUT2D eigenvalue weighted by Crippen LogP contribution is 2.35. The van der Waals surface area contributed by atoms with E-state index in [-0.39, 0.29) is 23.1 Å². The molecule has 0 radical (unpaired) electrons. The molecule has 1 aromatic rings. The Balaban J connectivity index is 0.00000361. The van der Waals surface area contributed by atoms with Gasteiger partial charge in [0.1, 0.15) is 5.02 Å². The monoisotopic (exact) mass is 322 g/mol. The van der Waals surface area contributed by atoms with Gasteiger partial charge in [-0.3, -0.25) is 14.9 Å². The maximum atomic E-state index is 11.7. The Morgan fingerprint density at radius 2 is 2.05 bits per heavy atom. The molecule has 112 valence electrons. The third kappa shape index (κ3) is 3.59. The Kier molecular flexibility index (Phi) is 6.40. The highest BCUT2D eigenvalue weighted by atomic mass is 35.5. The topological polar surface area (TPSA) is 95.5 Å². The highest BCUT2D eigenvalue weighted by Gasteiger charge is 2.37. The molecule has 8 heteroatoms. The van der Waals surface area contributed by atoms with Gasteiger partial charge in [0.05, 0.1) is 17.4 Å². The van der Waals surface area contributed by atoms with Gasteiger partial charge in [-0.15, -0.1) is 12.4 Å². The zero-order valence-corrected chi connectivity index (χ0v) is 12.8. The molecule has 0 saturated carbocycles. The van der Waals surface area contributed by atoms with Crippen LogP contribution in [0.5, 0.6) is 0 Å². The molecule has 0 aromatic heterocycles. The number of rotatable bonds is 4. The molecule has 2 N–H and O–H groups in total. The van der Waals surface area contributed by atoms with E-state index in [1.165, 1.54) is 19.2 Å². The van der Waals surface area contributed by atoms with Gasteiger partial charge in [0, 0.05) is 12.1 Å². The van der Waals surface area contributed by atoms with Crippen LogP contribution in [0.3, 0.4) is 0 Å². The third-order valence-electron chi connectivity index (χ3n) is 3.02. The summed E-state index contributed by atoms with van der Waals surface area (Å²) in [6, 6.07) is 3.49. The summed E-state index contributed by atoms with van der Waals surface area (Å²) in [5, 5.41) is 10.8. The maximum absolute atomic E-state index is 11.7. The molecule has 0 saturated heterocycles. The van der Waals surface area contributed by atoms with Crippen molar-refractivity contribution >= 4 is 35.7 Å². The molecule has 0 bridgehead atoms. The van der Waals surface area contributed by atoms with Crippen LogP contribution in [0, 0.1) is 15.5 Å². The molecule has 0 heterocycles. The van der Waals surface area contributed by atoms with E-state index in [0.29, 0.717) is 5.56 Å². The van der Waals surface area contributed by atoms with Gasteiger partial charge in [0.15, 0.2) is 0 Å². The summed E-state index contributed by atoms with van der Waals surface area (Å²) in [6.07, 6.45) is 0. The maximum Gasteiger partial charge on any atom is 0.313 e. The quantitative estimate of drug-likeness (QED) is 0.522. The van der Waals surface area contributed by atoms with Crippen molar-refractivity contribution in [3.8, 4) is 0 Å². The number of esters is 1. The van der Waals surface area contributed by atoms with Crippen molar-refractivity contribution in [2.24, 2.45) is 11.1 Å². The molecule has 1 aromatic carbocycles. The number of benzene rings is 1. The summed E-state index contributed by atoms with van der Waals surface area (Å²) in [4.78, 5) is 21.9. The number of methoxy groups -OCH3 is 1. The first-order valence-electron chi connectivity index (χ1n) is 5.49. The van der Waals surface area contributed by atoms with E-state index in [0.717, 1.165) is 0 Å². The van der Waals surface area contributed by atoms with Gasteiger partial charge in [-0.1, -0.05) is 17.7 Å². The molecule has 0 spiro atoms. The van der Waals surface area contributed by atoms with Crippen molar-refractivity contribution in [3.63, 3.8) is 0 Å². The summed E-state index contributed by atoms with van der Waals surface area (Å²) in [7, 11) is 1.26. The molecule has 1 rings (SSSR count). The van der Waals surface area contributed by atoms with Gasteiger partial charge in [-0.25, -0.2) is 0 Å². The van der Waals surface area contributed by atoms with Gasteiger partial charge >= 0.3 is 5.97 Å². The van der Waals surface area contributed by atoms with Crippen molar-refractivity contribution in [2.45, 2.75) is 19.9 Å². The Morgan fingerprint density at radius 3 is 2.50 bits per heavy atom. The second-order valence-electron chi connectivity index (χ2n) is 4.66. The summed E-state index contributed by atoms with van der Waals surface area (Å²) >= 11 is 5.73. The zero-order chi connectivity index (χ0) is 14.8. The molecule has 0 unspecified atom stereocenters. The number of hydrogen-bond acceptors (Lipinski definition) is 5. The fourth-order valence-electron chi connectivity index (χ4n) is 1.67. The van der Waals surface area contributed by atoms with Crippen molar-refractivity contribution in [2.75, 3.05) is 7.11 Å². The van der Waals surface area contributed by atoms with Crippen molar-refractivity contribution in [1.29, 1.82) is 0 Å². The van der Waals surface area contributed by atoms with Crippen molar-refractivity contribution < 1.29 is 14.5 Å². The van der Waals surface area contributed by atoms with Crippen LogP contribution in [-0.4, -0.2) is 18.0 Å². The Morgan fingerprint density at radius 1 is 1.50 bits per heavy atom. The first-order valence-corrected chi connectivity index (χ1v) is 5.87. The molecule has 1 atom stereocenters. The number of carbonyl (C=O) groups is 1. The predicted octanol–water partition coefficient (Wildman–Crippen LogP) is 2.87. The van der Waals surface area contributed by atoms with Gasteiger partial charge in [-0.05, 0) is 25.5 Å². The van der Waals surface area contributed by atoms with E-state index in [2.05, 4.69) is 4.74 Å². The lowest BCUT2D eigenvalue weighted by Gasteiger charge is -2.28. The molecular formula is C12H16Cl2N2O4. The van der Waals surface area contributed by atoms with E-state index in [4.69, 9.17) is 17.3 Å². The van der Waals surface area contributed by atoms with Crippen molar-refractivity contribution in [3.05, 3.63) is 38.9 Å². The minimum Gasteiger partial charge on any atom is -0.469 e. The van der Waals surface area contributed by atoms with Crippen LogP contribution in [0.25, 0.3) is 0 Å². The lowest BCUT2D eigenvalue weighted by Crippen LogP contribution is -2.37. The molecule has 0 aliphatic rings. The van der Waals surface area contributed by atoms with Gasteiger partial charge in [0.2, 0.25) is 0 Å². The second-order valence-corrected chi connectivity index (χ2v) is 5.07. The molecule has 20 heavy (non-hydrogen) atoms.